The molecule has 0 saturated carbocycles. The third kappa shape index (κ3) is 3.27. The van der Waals surface area contributed by atoms with Crippen LogP contribution in [0.5, 0.6) is 0 Å². The Hall–Kier alpha value is -1.52. The Bertz CT molecular complexity index is 358. The van der Waals surface area contributed by atoms with Gasteiger partial charge in [-0.1, -0.05) is 18.2 Å². The third-order valence-corrected chi connectivity index (χ3v) is 1.81. The van der Waals surface area contributed by atoms with E-state index in [1.807, 2.05) is 0 Å². The van der Waals surface area contributed by atoms with E-state index in [0.29, 0.717) is 0 Å². The predicted molar refractivity (Wildman–Crippen MR) is 47.5 cm³/mol. The van der Waals surface area contributed by atoms with Crippen molar-refractivity contribution in [1.82, 2.24) is 0 Å². The van der Waals surface area contributed by atoms with E-state index in [-0.39, 0.29) is 11.1 Å². The summed E-state index contributed by atoms with van der Waals surface area (Å²) < 4.78 is 40.8. The van der Waals surface area contributed by atoms with E-state index in [0.717, 1.165) is 7.11 Å². The van der Waals surface area contributed by atoms with E-state index < -0.39 is 18.6 Å². The zero-order chi connectivity index (χ0) is 11.5. The first-order chi connectivity index (χ1) is 6.94. The number of benzene rings is 1. The zero-order valence-electron chi connectivity index (χ0n) is 7.97. The Morgan fingerprint density at radius 3 is 2.47 bits per heavy atom. The maximum Gasteiger partial charge on any atom is 0.393 e. The summed E-state index contributed by atoms with van der Waals surface area (Å²) in [6.07, 6.45) is -5.46. The summed E-state index contributed by atoms with van der Waals surface area (Å²) in [5, 5.41) is 0. The first-order valence-corrected chi connectivity index (χ1v) is 4.17. The van der Waals surface area contributed by atoms with Gasteiger partial charge >= 0.3 is 12.1 Å². The van der Waals surface area contributed by atoms with E-state index in [2.05, 4.69) is 4.74 Å². The molecule has 0 aliphatic heterocycles. The number of ether oxygens (including phenoxy) is 1. The van der Waals surface area contributed by atoms with Gasteiger partial charge in [0.15, 0.2) is 0 Å². The lowest BCUT2D eigenvalue weighted by molar-refractivity contribution is -0.127. The highest BCUT2D eigenvalue weighted by atomic mass is 19.4. The summed E-state index contributed by atoms with van der Waals surface area (Å²) in [6.45, 7) is 0. The molecule has 1 aromatic rings. The second-order valence-electron chi connectivity index (χ2n) is 2.94. The van der Waals surface area contributed by atoms with Gasteiger partial charge in [-0.3, -0.25) is 0 Å². The first kappa shape index (κ1) is 11.6. The maximum atomic E-state index is 12.1. The Labute approximate surface area is 84.7 Å². The van der Waals surface area contributed by atoms with Crippen molar-refractivity contribution in [2.45, 2.75) is 12.6 Å². The minimum Gasteiger partial charge on any atom is -0.465 e. The molecule has 5 heteroatoms. The minimum atomic E-state index is -4.33. The molecule has 1 aromatic carbocycles. The van der Waals surface area contributed by atoms with Crippen molar-refractivity contribution in [2.24, 2.45) is 0 Å². The molecule has 0 unspecified atom stereocenters. The molecule has 0 N–H and O–H groups in total. The number of methoxy groups -OCH3 is 1. The molecule has 0 saturated heterocycles. The summed E-state index contributed by atoms with van der Waals surface area (Å²) in [5.74, 6) is -0.755. The van der Waals surface area contributed by atoms with Gasteiger partial charge in [-0.2, -0.15) is 13.2 Å². The number of carbonyl (C=O) groups is 1. The molecule has 0 heterocycles. The van der Waals surface area contributed by atoms with Crippen molar-refractivity contribution in [2.75, 3.05) is 7.11 Å². The van der Waals surface area contributed by atoms with E-state index in [4.69, 9.17) is 0 Å². The van der Waals surface area contributed by atoms with E-state index in [9.17, 15) is 18.0 Å². The number of esters is 1. The van der Waals surface area contributed by atoms with Crippen molar-refractivity contribution in [1.29, 1.82) is 0 Å². The molecule has 0 aliphatic carbocycles. The molecule has 0 fully saturated rings. The van der Waals surface area contributed by atoms with Gasteiger partial charge < -0.3 is 4.74 Å². The Balaban J connectivity index is 3.02. The maximum absolute atomic E-state index is 12.1. The molecule has 0 spiro atoms. The van der Waals surface area contributed by atoms with Crippen molar-refractivity contribution >= 4 is 5.97 Å². The van der Waals surface area contributed by atoms with Gasteiger partial charge in [0.1, 0.15) is 0 Å². The summed E-state index contributed by atoms with van der Waals surface area (Å²) in [4.78, 5) is 11.1. The van der Waals surface area contributed by atoms with Crippen molar-refractivity contribution in [3.8, 4) is 0 Å². The second-order valence-corrected chi connectivity index (χ2v) is 2.94. The number of carbonyl (C=O) groups excluding carboxylic acids is 1. The fourth-order valence-corrected chi connectivity index (χ4v) is 1.20. The van der Waals surface area contributed by atoms with Crippen molar-refractivity contribution in [3.05, 3.63) is 35.4 Å². The van der Waals surface area contributed by atoms with Gasteiger partial charge in [0.25, 0.3) is 0 Å². The molecular weight excluding hydrogens is 209 g/mol. The largest absolute Gasteiger partial charge is 0.465 e. The zero-order valence-corrected chi connectivity index (χ0v) is 7.97. The smallest absolute Gasteiger partial charge is 0.393 e. The second kappa shape index (κ2) is 4.33. The number of halogens is 3. The molecule has 0 radical (unpaired) electrons. The Kier molecular flexibility index (Phi) is 3.34. The van der Waals surface area contributed by atoms with Gasteiger partial charge in [-0.05, 0) is 11.6 Å². The average molecular weight is 218 g/mol. The lowest BCUT2D eigenvalue weighted by atomic mass is 10.0. The average Bonchev–Trinajstić information content (AvgIpc) is 2.15. The Morgan fingerprint density at radius 1 is 1.33 bits per heavy atom. The summed E-state index contributed by atoms with van der Waals surface area (Å²) >= 11 is 0. The SMILES string of the molecule is COC(=O)c1ccccc1CC(F)(F)F. The number of rotatable bonds is 2. The monoisotopic (exact) mass is 218 g/mol. The normalized spacial score (nSPS) is 11.2. The molecule has 0 amide bonds. The van der Waals surface area contributed by atoms with Gasteiger partial charge in [-0.15, -0.1) is 0 Å². The van der Waals surface area contributed by atoms with Crippen LogP contribution in [-0.2, 0) is 11.2 Å². The fraction of sp³-hybridized carbons (Fsp3) is 0.300. The van der Waals surface area contributed by atoms with Crippen LogP contribution < -0.4 is 0 Å². The topological polar surface area (TPSA) is 26.3 Å². The standard InChI is InChI=1S/C10H9F3O2/c1-15-9(14)8-5-3-2-4-7(8)6-10(11,12)13/h2-5H,6H2,1H3. The molecule has 1 rings (SSSR count). The lowest BCUT2D eigenvalue weighted by Gasteiger charge is -2.09. The minimum absolute atomic E-state index is 0.0441. The van der Waals surface area contributed by atoms with Gasteiger partial charge in [0.05, 0.1) is 19.1 Å². The quantitative estimate of drug-likeness (QED) is 0.713. The summed E-state index contributed by atoms with van der Waals surface area (Å²) in [6, 6.07) is 5.52. The van der Waals surface area contributed by atoms with E-state index in [1.165, 1.54) is 24.3 Å². The van der Waals surface area contributed by atoms with Gasteiger partial charge in [-0.25, -0.2) is 4.79 Å². The molecule has 0 atom stereocenters. The van der Waals surface area contributed by atoms with E-state index >= 15 is 0 Å². The molecular formula is C10H9F3O2. The third-order valence-electron chi connectivity index (χ3n) is 1.81. The van der Waals surface area contributed by atoms with Crippen LogP contribution in [0.4, 0.5) is 13.2 Å². The van der Waals surface area contributed by atoms with Crippen LogP contribution in [0.2, 0.25) is 0 Å². The van der Waals surface area contributed by atoms with Gasteiger partial charge in [0, 0.05) is 0 Å². The lowest BCUT2D eigenvalue weighted by Crippen LogP contribution is -2.15. The number of hydrogen-bond donors (Lipinski definition) is 0. The van der Waals surface area contributed by atoms with Crippen LogP contribution in [0.1, 0.15) is 15.9 Å². The van der Waals surface area contributed by atoms with Gasteiger partial charge in [0.2, 0.25) is 0 Å². The predicted octanol–water partition coefficient (Wildman–Crippen LogP) is 2.58. The molecule has 0 bridgehead atoms. The highest BCUT2D eigenvalue weighted by Gasteiger charge is 2.29. The summed E-state index contributed by atoms with van der Waals surface area (Å²) in [7, 11) is 1.13. The van der Waals surface area contributed by atoms with Crippen LogP contribution in [0.15, 0.2) is 24.3 Å². The Morgan fingerprint density at radius 2 is 1.93 bits per heavy atom. The highest BCUT2D eigenvalue weighted by Crippen LogP contribution is 2.23. The molecule has 0 aromatic heterocycles. The van der Waals surface area contributed by atoms with Crippen LogP contribution in [0, 0.1) is 0 Å². The van der Waals surface area contributed by atoms with Crippen LogP contribution >= 0.6 is 0 Å². The summed E-state index contributed by atoms with van der Waals surface area (Å²) in [5.41, 5.74) is -0.117. The highest BCUT2D eigenvalue weighted by molar-refractivity contribution is 5.90. The van der Waals surface area contributed by atoms with Crippen molar-refractivity contribution < 1.29 is 22.7 Å². The van der Waals surface area contributed by atoms with Crippen LogP contribution in [0.25, 0.3) is 0 Å². The first-order valence-electron chi connectivity index (χ1n) is 4.17. The number of hydrogen-bond acceptors (Lipinski definition) is 2. The van der Waals surface area contributed by atoms with Crippen LogP contribution in [0.3, 0.4) is 0 Å². The molecule has 82 valence electrons. The molecule has 0 aliphatic rings. The molecule has 2 nitrogen and oxygen atoms in total. The number of alkyl halides is 3. The van der Waals surface area contributed by atoms with Crippen molar-refractivity contribution in [3.63, 3.8) is 0 Å². The van der Waals surface area contributed by atoms with Crippen LogP contribution in [-0.4, -0.2) is 19.3 Å². The fourth-order valence-electron chi connectivity index (χ4n) is 1.20. The van der Waals surface area contributed by atoms with E-state index in [1.54, 1.807) is 0 Å². The molecule has 15 heavy (non-hydrogen) atoms.